The number of hydrogen-bond donors (Lipinski definition) is 2. The van der Waals surface area contributed by atoms with E-state index < -0.39 is 9.84 Å². The number of nitrogens with one attached hydrogen (secondary N) is 2. The van der Waals surface area contributed by atoms with Crippen LogP contribution in [0.4, 0.5) is 11.4 Å². The summed E-state index contributed by atoms with van der Waals surface area (Å²) in [5.74, 6) is 0.0628. The Morgan fingerprint density at radius 1 is 1.16 bits per heavy atom. The van der Waals surface area contributed by atoms with Crippen LogP contribution in [0.3, 0.4) is 0 Å². The second-order valence-electron chi connectivity index (χ2n) is 8.45. The zero-order valence-corrected chi connectivity index (χ0v) is 18.5. The molecule has 1 atom stereocenters. The van der Waals surface area contributed by atoms with Gasteiger partial charge < -0.3 is 15.4 Å². The zero-order chi connectivity index (χ0) is 22.1. The van der Waals surface area contributed by atoms with Gasteiger partial charge in [0.05, 0.1) is 24.1 Å². The van der Waals surface area contributed by atoms with Crippen molar-refractivity contribution in [3.8, 4) is 0 Å². The highest BCUT2D eigenvalue weighted by Crippen LogP contribution is 2.34. The number of aryl methyl sites for hydroxylation is 1. The van der Waals surface area contributed by atoms with E-state index in [1.165, 1.54) is 11.1 Å². The first-order valence-corrected chi connectivity index (χ1v) is 12.7. The van der Waals surface area contributed by atoms with Crippen LogP contribution in [0.25, 0.3) is 0 Å². The molecule has 2 N–H and O–H groups in total. The maximum absolute atomic E-state index is 12.4. The summed E-state index contributed by atoms with van der Waals surface area (Å²) < 4.78 is 28.9. The molecule has 2 aromatic carbocycles. The van der Waals surface area contributed by atoms with Gasteiger partial charge in [-0.3, -0.25) is 9.69 Å². The Bertz CT molecular complexity index is 1160. The largest absolute Gasteiger partial charge is 0.460 e. The van der Waals surface area contributed by atoms with E-state index in [9.17, 15) is 13.2 Å². The lowest BCUT2D eigenvalue weighted by atomic mass is 10.1. The van der Waals surface area contributed by atoms with Crippen LogP contribution in [0.1, 0.15) is 29.2 Å². The molecule has 1 fully saturated rings. The number of sulfone groups is 1. The number of nitrogens with zero attached hydrogens (tertiary/aromatic N) is 2. The molecule has 8 nitrogen and oxygen atoms in total. The Hall–Kier alpha value is -2.91. The molecule has 1 aliphatic carbocycles. The molecule has 1 amide bonds. The van der Waals surface area contributed by atoms with Gasteiger partial charge in [-0.25, -0.2) is 13.4 Å². The van der Waals surface area contributed by atoms with Crippen molar-refractivity contribution in [3.05, 3.63) is 59.2 Å². The summed E-state index contributed by atoms with van der Waals surface area (Å²) in [7, 11) is -2.95. The van der Waals surface area contributed by atoms with Crippen molar-refractivity contribution in [2.24, 2.45) is 4.99 Å². The minimum Gasteiger partial charge on any atom is -0.460 e. The highest BCUT2D eigenvalue weighted by atomic mass is 32.2. The predicted octanol–water partition coefficient (Wildman–Crippen LogP) is 2.34. The van der Waals surface area contributed by atoms with Gasteiger partial charge >= 0.3 is 0 Å². The lowest BCUT2D eigenvalue weighted by molar-refractivity contribution is -0.117. The SMILES string of the molecule is O=C(CN1CCS(=O)(=O)CC1)Nc1ccc2c(c1)COC(=N[C@@H]1CCc3ccccc31)N2. The van der Waals surface area contributed by atoms with Crippen LogP contribution in [0, 0.1) is 0 Å². The average molecular weight is 455 g/mol. The highest BCUT2D eigenvalue weighted by molar-refractivity contribution is 7.91. The summed E-state index contributed by atoms with van der Waals surface area (Å²) in [6, 6.07) is 14.7. The van der Waals surface area contributed by atoms with Gasteiger partial charge in [-0.15, -0.1) is 0 Å². The normalized spacial score (nSPS) is 23.0. The Morgan fingerprint density at radius 3 is 2.81 bits per heavy atom. The number of carbonyl (C=O) groups excluding carboxylic acids is 1. The minimum absolute atomic E-state index is 0.110. The molecule has 32 heavy (non-hydrogen) atoms. The van der Waals surface area contributed by atoms with Gasteiger partial charge in [-0.05, 0) is 42.2 Å². The number of amidine groups is 1. The van der Waals surface area contributed by atoms with E-state index in [1.807, 2.05) is 29.2 Å². The molecule has 2 aromatic rings. The lowest BCUT2D eigenvalue weighted by Gasteiger charge is -2.26. The number of rotatable bonds is 4. The summed E-state index contributed by atoms with van der Waals surface area (Å²) in [4.78, 5) is 19.0. The van der Waals surface area contributed by atoms with E-state index in [0.717, 1.165) is 24.1 Å². The van der Waals surface area contributed by atoms with Gasteiger partial charge in [0.1, 0.15) is 6.61 Å². The second-order valence-corrected chi connectivity index (χ2v) is 10.8. The molecule has 0 bridgehead atoms. The van der Waals surface area contributed by atoms with Crippen LogP contribution in [-0.2, 0) is 32.4 Å². The van der Waals surface area contributed by atoms with Crippen LogP contribution in [0.15, 0.2) is 47.5 Å². The number of aliphatic imine (C=N–C) groups is 1. The fraction of sp³-hybridized carbons (Fsp3) is 0.391. The molecule has 168 valence electrons. The van der Waals surface area contributed by atoms with Crippen molar-refractivity contribution in [2.75, 3.05) is 41.8 Å². The Kier molecular flexibility index (Phi) is 5.60. The molecule has 1 saturated heterocycles. The topological polar surface area (TPSA) is 100 Å². The fourth-order valence-electron chi connectivity index (χ4n) is 4.40. The van der Waals surface area contributed by atoms with Gasteiger partial charge in [0.25, 0.3) is 6.02 Å². The third kappa shape index (κ3) is 4.63. The molecule has 0 spiro atoms. The Labute approximate surface area is 187 Å². The molecular weight excluding hydrogens is 428 g/mol. The van der Waals surface area contributed by atoms with E-state index in [2.05, 4.69) is 28.8 Å². The summed E-state index contributed by atoms with van der Waals surface area (Å²) >= 11 is 0. The second kappa shape index (κ2) is 8.55. The molecule has 2 aliphatic heterocycles. The first-order valence-electron chi connectivity index (χ1n) is 10.9. The van der Waals surface area contributed by atoms with Crippen molar-refractivity contribution in [2.45, 2.75) is 25.5 Å². The van der Waals surface area contributed by atoms with Crippen LogP contribution in [0.2, 0.25) is 0 Å². The van der Waals surface area contributed by atoms with Crippen molar-refractivity contribution in [3.63, 3.8) is 0 Å². The Balaban J connectivity index is 1.20. The van der Waals surface area contributed by atoms with Crippen molar-refractivity contribution >= 4 is 33.1 Å². The fourth-order valence-corrected chi connectivity index (χ4v) is 5.68. The number of anilines is 2. The van der Waals surface area contributed by atoms with Gasteiger partial charge in [0, 0.05) is 30.0 Å². The van der Waals surface area contributed by atoms with Crippen molar-refractivity contribution in [1.29, 1.82) is 0 Å². The van der Waals surface area contributed by atoms with E-state index in [0.29, 0.717) is 31.4 Å². The lowest BCUT2D eigenvalue weighted by Crippen LogP contribution is -2.43. The third-order valence-corrected chi connectivity index (χ3v) is 7.78. The first-order chi connectivity index (χ1) is 15.4. The monoisotopic (exact) mass is 454 g/mol. The maximum Gasteiger partial charge on any atom is 0.290 e. The highest BCUT2D eigenvalue weighted by Gasteiger charge is 2.25. The van der Waals surface area contributed by atoms with Gasteiger partial charge in [-0.1, -0.05) is 24.3 Å². The van der Waals surface area contributed by atoms with E-state index in [-0.39, 0.29) is 30.0 Å². The number of benzene rings is 2. The van der Waals surface area contributed by atoms with Gasteiger partial charge in [0.2, 0.25) is 5.91 Å². The standard InChI is InChI=1S/C23H26N4O4S/c28-22(14-27-9-11-32(29,30)12-10-27)24-18-6-8-20-17(13-18)15-31-23(25-20)26-21-7-5-16-3-1-2-4-19(16)21/h1-4,6,8,13,21H,5,7,9-12,14-15H2,(H,24,28)(H,25,26)/t21-/m1/s1. The van der Waals surface area contributed by atoms with Crippen LogP contribution in [0.5, 0.6) is 0 Å². The Morgan fingerprint density at radius 2 is 1.97 bits per heavy atom. The van der Waals surface area contributed by atoms with Crippen molar-refractivity contribution in [1.82, 2.24) is 4.90 Å². The van der Waals surface area contributed by atoms with E-state index >= 15 is 0 Å². The number of fused-ring (bicyclic) bond motifs is 2. The minimum atomic E-state index is -2.95. The van der Waals surface area contributed by atoms with Crippen LogP contribution < -0.4 is 10.6 Å². The molecule has 5 rings (SSSR count). The number of carbonyl (C=O) groups is 1. The average Bonchev–Trinajstić information content (AvgIpc) is 3.18. The van der Waals surface area contributed by atoms with Crippen LogP contribution in [-0.4, -0.2) is 56.4 Å². The first kappa shape index (κ1) is 21.0. The molecule has 2 heterocycles. The smallest absolute Gasteiger partial charge is 0.290 e. The summed E-state index contributed by atoms with van der Waals surface area (Å²) in [5, 5.41) is 6.16. The van der Waals surface area contributed by atoms with Gasteiger partial charge in [0.15, 0.2) is 9.84 Å². The number of amides is 1. The molecule has 3 aliphatic rings. The van der Waals surface area contributed by atoms with Crippen LogP contribution >= 0.6 is 0 Å². The summed E-state index contributed by atoms with van der Waals surface area (Å²) in [5.41, 5.74) is 5.16. The molecule has 0 saturated carbocycles. The maximum atomic E-state index is 12.4. The molecule has 0 aromatic heterocycles. The number of ether oxygens (including phenoxy) is 1. The zero-order valence-electron chi connectivity index (χ0n) is 17.7. The number of hydrogen-bond acceptors (Lipinski definition) is 6. The van der Waals surface area contributed by atoms with E-state index in [1.54, 1.807) is 0 Å². The molecule has 0 radical (unpaired) electrons. The quantitative estimate of drug-likeness (QED) is 0.736. The summed E-state index contributed by atoms with van der Waals surface area (Å²) in [6.45, 7) is 1.35. The van der Waals surface area contributed by atoms with Crippen molar-refractivity contribution < 1.29 is 17.9 Å². The summed E-state index contributed by atoms with van der Waals surface area (Å²) in [6.07, 6.45) is 2.01. The predicted molar refractivity (Wildman–Crippen MR) is 124 cm³/mol. The van der Waals surface area contributed by atoms with E-state index in [4.69, 9.17) is 9.73 Å². The molecular formula is C23H26N4O4S. The molecule has 0 unspecified atom stereocenters. The van der Waals surface area contributed by atoms with Gasteiger partial charge in [-0.2, -0.15) is 0 Å². The third-order valence-electron chi connectivity index (χ3n) is 6.17. The molecule has 9 heteroatoms.